The predicted octanol–water partition coefficient (Wildman–Crippen LogP) is -0.390. The second kappa shape index (κ2) is 2.76. The van der Waals surface area contributed by atoms with Gasteiger partial charge in [-0.25, -0.2) is 0 Å². The number of nitro groups is 1. The quantitative estimate of drug-likeness (QED) is 0.502. The van der Waals surface area contributed by atoms with Crippen molar-refractivity contribution >= 4 is 11.8 Å². The molecule has 72 valence electrons. The van der Waals surface area contributed by atoms with Gasteiger partial charge in [0.15, 0.2) is 5.16 Å². The van der Waals surface area contributed by atoms with Crippen LogP contribution in [0.15, 0.2) is 9.15 Å². The van der Waals surface area contributed by atoms with E-state index in [9.17, 15) is 10.1 Å². The van der Waals surface area contributed by atoms with Gasteiger partial charge in [-0.05, 0) is 10.1 Å². The van der Waals surface area contributed by atoms with E-state index >= 15 is 0 Å². The summed E-state index contributed by atoms with van der Waals surface area (Å²) in [6.45, 7) is 0. The molecular weight excluding hydrogens is 196 g/mol. The Morgan fingerprint density at radius 1 is 1.36 bits per heavy atom. The highest BCUT2D eigenvalue weighted by Gasteiger charge is 2.27. The summed E-state index contributed by atoms with van der Waals surface area (Å²) >= 11 is 0. The maximum absolute atomic E-state index is 10.4. The van der Waals surface area contributed by atoms with Crippen LogP contribution in [0.1, 0.15) is 0 Å². The van der Waals surface area contributed by atoms with E-state index in [1.807, 2.05) is 0 Å². The zero-order valence-electron chi connectivity index (χ0n) is 6.45. The van der Waals surface area contributed by atoms with Gasteiger partial charge < -0.3 is 20.4 Å². The largest absolute Gasteiger partial charge is 0.446 e. The summed E-state index contributed by atoms with van der Waals surface area (Å²) in [7, 11) is 0. The van der Waals surface area contributed by atoms with Crippen LogP contribution >= 0.6 is 0 Å². The molecule has 0 bridgehead atoms. The van der Waals surface area contributed by atoms with Crippen molar-refractivity contribution in [2.24, 2.45) is 0 Å². The molecule has 0 unspecified atom stereocenters. The molecule has 2 heterocycles. The molecule has 0 saturated carbocycles. The summed E-state index contributed by atoms with van der Waals surface area (Å²) in [6, 6.07) is -0.225. The van der Waals surface area contributed by atoms with Crippen molar-refractivity contribution < 1.29 is 14.1 Å². The Hall–Kier alpha value is -2.52. The minimum absolute atomic E-state index is 0.143. The molecule has 2 rings (SSSR count). The third-order valence-corrected chi connectivity index (χ3v) is 1.30. The average Bonchev–Trinajstić information content (AvgIpc) is 2.70. The van der Waals surface area contributed by atoms with E-state index < -0.39 is 10.7 Å². The summed E-state index contributed by atoms with van der Waals surface area (Å²) < 4.78 is 8.57. The number of anilines is 1. The van der Waals surface area contributed by atoms with E-state index in [0.717, 1.165) is 0 Å². The maximum Gasteiger partial charge on any atom is 0.446 e. The summed E-state index contributed by atoms with van der Waals surface area (Å²) in [5.74, 6) is -0.735. The van der Waals surface area contributed by atoms with Crippen LogP contribution in [-0.2, 0) is 0 Å². The van der Waals surface area contributed by atoms with Gasteiger partial charge in [0.2, 0.25) is 5.82 Å². The Bertz CT molecular complexity index is 474. The number of aromatic nitrogens is 4. The Balaban J connectivity index is 2.51. The Kier molecular flexibility index (Phi) is 1.59. The highest BCUT2D eigenvalue weighted by molar-refractivity contribution is 5.58. The maximum atomic E-state index is 10.4. The number of rotatable bonds is 2. The standard InChI is InChI=1S/C4H2N6O4/c5-4-6-2(8-13-4)1-3(10(11)12)9-14-7-1/h(H2,5,6,8). The third-order valence-electron chi connectivity index (χ3n) is 1.30. The first-order valence-corrected chi connectivity index (χ1v) is 3.25. The van der Waals surface area contributed by atoms with E-state index in [1.54, 1.807) is 0 Å². The van der Waals surface area contributed by atoms with Crippen LogP contribution in [0.3, 0.4) is 0 Å². The van der Waals surface area contributed by atoms with Crippen LogP contribution in [0.5, 0.6) is 0 Å². The lowest BCUT2D eigenvalue weighted by Crippen LogP contribution is -1.92. The Morgan fingerprint density at radius 3 is 2.71 bits per heavy atom. The lowest BCUT2D eigenvalue weighted by molar-refractivity contribution is -0.390. The zero-order valence-corrected chi connectivity index (χ0v) is 6.45. The van der Waals surface area contributed by atoms with Gasteiger partial charge in [0.25, 0.3) is 5.69 Å². The first kappa shape index (κ1) is 8.10. The molecule has 0 fully saturated rings. The highest BCUT2D eigenvalue weighted by Crippen LogP contribution is 2.23. The smallest absolute Gasteiger partial charge is 0.358 e. The highest BCUT2D eigenvalue weighted by atomic mass is 16.6. The SMILES string of the molecule is Nc1nc(-c2nonc2[N+](=O)[O-])no1. The molecule has 0 aliphatic carbocycles. The molecule has 0 aromatic carbocycles. The fourth-order valence-corrected chi connectivity index (χ4v) is 0.776. The summed E-state index contributed by atoms with van der Waals surface area (Å²) in [5.41, 5.74) is 4.90. The first-order valence-electron chi connectivity index (χ1n) is 3.25. The second-order valence-electron chi connectivity index (χ2n) is 2.15. The van der Waals surface area contributed by atoms with Crippen molar-refractivity contribution in [1.82, 2.24) is 20.5 Å². The lowest BCUT2D eigenvalue weighted by atomic mass is 10.4. The predicted molar refractivity (Wildman–Crippen MR) is 38.7 cm³/mol. The topological polar surface area (TPSA) is 147 Å². The number of nitrogens with two attached hydrogens (primary N) is 1. The van der Waals surface area contributed by atoms with Gasteiger partial charge in [0.1, 0.15) is 0 Å². The van der Waals surface area contributed by atoms with E-state index in [1.165, 1.54) is 0 Å². The van der Waals surface area contributed by atoms with E-state index in [2.05, 4.69) is 29.6 Å². The molecular formula is C4H2N6O4. The average molecular weight is 198 g/mol. The molecule has 10 heteroatoms. The van der Waals surface area contributed by atoms with Crippen molar-refractivity contribution in [3.8, 4) is 11.5 Å². The van der Waals surface area contributed by atoms with Gasteiger partial charge in [-0.15, -0.1) is 4.63 Å². The normalized spacial score (nSPS) is 10.3. The Morgan fingerprint density at radius 2 is 2.14 bits per heavy atom. The van der Waals surface area contributed by atoms with Crippen LogP contribution < -0.4 is 5.73 Å². The molecule has 0 aliphatic rings. The fourth-order valence-electron chi connectivity index (χ4n) is 0.776. The molecule has 0 amide bonds. The minimum Gasteiger partial charge on any atom is -0.358 e. The molecule has 0 saturated heterocycles. The van der Waals surface area contributed by atoms with Crippen molar-refractivity contribution in [2.45, 2.75) is 0 Å². The second-order valence-corrected chi connectivity index (χ2v) is 2.15. The minimum atomic E-state index is -0.779. The number of hydrogen-bond acceptors (Lipinski definition) is 9. The molecule has 0 aliphatic heterocycles. The van der Waals surface area contributed by atoms with Crippen molar-refractivity contribution in [3.63, 3.8) is 0 Å². The van der Waals surface area contributed by atoms with Gasteiger partial charge in [-0.2, -0.15) is 4.98 Å². The molecule has 14 heavy (non-hydrogen) atoms. The molecule has 0 spiro atoms. The molecule has 0 radical (unpaired) electrons. The molecule has 2 aromatic rings. The van der Waals surface area contributed by atoms with Crippen molar-refractivity contribution in [2.75, 3.05) is 5.73 Å². The van der Waals surface area contributed by atoms with Crippen LogP contribution in [0.4, 0.5) is 11.8 Å². The summed E-state index contributed by atoms with van der Waals surface area (Å²) in [5, 5.41) is 20.0. The first-order chi connectivity index (χ1) is 6.68. The molecule has 2 aromatic heterocycles. The molecule has 0 atom stereocenters. The van der Waals surface area contributed by atoms with Crippen LogP contribution in [0, 0.1) is 10.1 Å². The van der Waals surface area contributed by atoms with Gasteiger partial charge in [-0.3, -0.25) is 0 Å². The third kappa shape index (κ3) is 1.14. The summed E-state index contributed by atoms with van der Waals surface area (Å²) in [4.78, 5) is 13.1. The van der Waals surface area contributed by atoms with Gasteiger partial charge >= 0.3 is 11.8 Å². The monoisotopic (exact) mass is 198 g/mol. The van der Waals surface area contributed by atoms with Gasteiger partial charge in [0, 0.05) is 0 Å². The fraction of sp³-hybridized carbons (Fsp3) is 0. The van der Waals surface area contributed by atoms with E-state index in [0.29, 0.717) is 0 Å². The molecule has 2 N–H and O–H groups in total. The van der Waals surface area contributed by atoms with Gasteiger partial charge in [0.05, 0.1) is 0 Å². The zero-order chi connectivity index (χ0) is 10.1. The van der Waals surface area contributed by atoms with Crippen LogP contribution in [0.2, 0.25) is 0 Å². The number of nitrogens with zero attached hydrogens (tertiary/aromatic N) is 5. The number of nitrogen functional groups attached to an aromatic ring is 1. The summed E-state index contributed by atoms with van der Waals surface area (Å²) in [6.07, 6.45) is 0. The van der Waals surface area contributed by atoms with Crippen LogP contribution in [-0.4, -0.2) is 25.4 Å². The van der Waals surface area contributed by atoms with Crippen LogP contribution in [0.25, 0.3) is 11.5 Å². The Labute approximate surface area is 74.8 Å². The van der Waals surface area contributed by atoms with Gasteiger partial charge in [-0.1, -0.05) is 5.16 Å². The number of hydrogen-bond donors (Lipinski definition) is 1. The molecule has 10 nitrogen and oxygen atoms in total. The van der Waals surface area contributed by atoms with E-state index in [-0.39, 0.29) is 17.5 Å². The van der Waals surface area contributed by atoms with E-state index in [4.69, 9.17) is 5.73 Å². The van der Waals surface area contributed by atoms with Crippen molar-refractivity contribution in [3.05, 3.63) is 10.1 Å². The van der Waals surface area contributed by atoms with Crippen molar-refractivity contribution in [1.29, 1.82) is 0 Å². The lowest BCUT2D eigenvalue weighted by Gasteiger charge is -1.85.